The molecule has 0 bridgehead atoms. The van der Waals surface area contributed by atoms with Crippen LogP contribution in [0.2, 0.25) is 0 Å². The van der Waals surface area contributed by atoms with Gasteiger partial charge in [-0.05, 0) is 20.8 Å². The van der Waals surface area contributed by atoms with Crippen LogP contribution in [0.3, 0.4) is 0 Å². The summed E-state index contributed by atoms with van der Waals surface area (Å²) in [6.07, 6.45) is 3.91. The van der Waals surface area contributed by atoms with Crippen LogP contribution in [0.1, 0.15) is 33.0 Å². The molecule has 0 N–H and O–H groups in total. The molecule has 0 aliphatic heterocycles. The third-order valence-corrected chi connectivity index (χ3v) is 1.33. The molecule has 2 nitrogen and oxygen atoms in total. The van der Waals surface area contributed by atoms with Crippen molar-refractivity contribution in [3.05, 3.63) is 18.2 Å². The molecule has 0 aliphatic rings. The summed E-state index contributed by atoms with van der Waals surface area (Å²) < 4.78 is 2.09. The van der Waals surface area contributed by atoms with Crippen LogP contribution >= 0.6 is 0 Å². The van der Waals surface area contributed by atoms with Crippen molar-refractivity contribution in [1.29, 1.82) is 0 Å². The molecule has 0 fully saturated rings. The molecule has 0 atom stereocenters. The Morgan fingerprint density at radius 1 is 1.50 bits per heavy atom. The van der Waals surface area contributed by atoms with Crippen molar-refractivity contribution in [2.24, 2.45) is 0 Å². The first-order chi connectivity index (χ1) is 4.20. The Morgan fingerprint density at radius 3 is 2.30 bits per heavy atom. The maximum Gasteiger partial charge on any atom is 0.0951 e. The van der Waals surface area contributed by atoms with Crippen LogP contribution < -0.4 is 0 Å². The number of aryl methyl sites for hydroxylation is 1. The molecule has 2 heteroatoms. The van der Waals surface area contributed by atoms with Crippen molar-refractivity contribution in [3.63, 3.8) is 0 Å². The normalized spacial score (nSPS) is 9.60. The van der Waals surface area contributed by atoms with Gasteiger partial charge in [-0.25, -0.2) is 4.98 Å². The fourth-order valence-corrected chi connectivity index (χ4v) is 0.723. The molecular weight excluding hydrogens is 124 g/mol. The van der Waals surface area contributed by atoms with Gasteiger partial charge < -0.3 is 4.57 Å². The first-order valence-corrected chi connectivity index (χ1v) is 3.20. The van der Waals surface area contributed by atoms with Crippen LogP contribution in [0.25, 0.3) is 0 Å². The highest BCUT2D eigenvalue weighted by atomic mass is 15.0. The van der Waals surface area contributed by atoms with Gasteiger partial charge in [-0.1, -0.05) is 7.43 Å². The topological polar surface area (TPSA) is 17.8 Å². The SMILES string of the molecule is C.Cc1cn(C(C)C)cn1. The minimum absolute atomic E-state index is 0. The van der Waals surface area contributed by atoms with E-state index in [4.69, 9.17) is 0 Å². The van der Waals surface area contributed by atoms with E-state index in [1.54, 1.807) is 0 Å². The number of hydrogen-bond acceptors (Lipinski definition) is 1. The van der Waals surface area contributed by atoms with Gasteiger partial charge in [-0.2, -0.15) is 0 Å². The lowest BCUT2D eigenvalue weighted by molar-refractivity contribution is 0.599. The van der Waals surface area contributed by atoms with Crippen LogP contribution in [0.15, 0.2) is 12.5 Å². The third kappa shape index (κ3) is 1.87. The maximum atomic E-state index is 4.10. The summed E-state index contributed by atoms with van der Waals surface area (Å²) >= 11 is 0. The zero-order valence-electron chi connectivity index (χ0n) is 6.13. The minimum Gasteiger partial charge on any atom is -0.335 e. The van der Waals surface area contributed by atoms with Crippen LogP contribution in [-0.4, -0.2) is 9.55 Å². The first-order valence-electron chi connectivity index (χ1n) is 3.20. The average molecular weight is 140 g/mol. The maximum absolute atomic E-state index is 4.10. The second kappa shape index (κ2) is 3.40. The van der Waals surface area contributed by atoms with Crippen molar-refractivity contribution in [2.45, 2.75) is 34.2 Å². The lowest BCUT2D eigenvalue weighted by atomic mass is 10.4. The number of imidazole rings is 1. The van der Waals surface area contributed by atoms with Crippen LogP contribution in [-0.2, 0) is 0 Å². The second-order valence-electron chi connectivity index (χ2n) is 2.56. The van der Waals surface area contributed by atoms with Crippen molar-refractivity contribution < 1.29 is 0 Å². The summed E-state index contributed by atoms with van der Waals surface area (Å²) in [6.45, 7) is 6.28. The first kappa shape index (κ1) is 9.21. The van der Waals surface area contributed by atoms with E-state index in [0.717, 1.165) is 5.69 Å². The van der Waals surface area contributed by atoms with Gasteiger partial charge >= 0.3 is 0 Å². The van der Waals surface area contributed by atoms with Gasteiger partial charge in [-0.3, -0.25) is 0 Å². The predicted molar refractivity (Wildman–Crippen MR) is 44.1 cm³/mol. The molecule has 0 unspecified atom stereocenters. The average Bonchev–Trinajstić information content (AvgIpc) is 2.14. The molecule has 1 aromatic rings. The molecule has 1 aromatic heterocycles. The summed E-state index contributed by atoms with van der Waals surface area (Å²) in [7, 11) is 0. The summed E-state index contributed by atoms with van der Waals surface area (Å²) in [5.74, 6) is 0. The van der Waals surface area contributed by atoms with E-state index in [0.29, 0.717) is 6.04 Å². The van der Waals surface area contributed by atoms with Crippen molar-refractivity contribution >= 4 is 0 Å². The van der Waals surface area contributed by atoms with Gasteiger partial charge in [0.15, 0.2) is 0 Å². The number of aromatic nitrogens is 2. The monoisotopic (exact) mass is 140 g/mol. The molecule has 0 aliphatic carbocycles. The van der Waals surface area contributed by atoms with E-state index in [9.17, 15) is 0 Å². The van der Waals surface area contributed by atoms with Gasteiger partial charge in [0.25, 0.3) is 0 Å². The van der Waals surface area contributed by atoms with E-state index in [1.165, 1.54) is 0 Å². The highest BCUT2D eigenvalue weighted by molar-refractivity contribution is 4.93. The smallest absolute Gasteiger partial charge is 0.0951 e. The molecule has 0 radical (unpaired) electrons. The summed E-state index contributed by atoms with van der Waals surface area (Å²) in [5.41, 5.74) is 1.09. The minimum atomic E-state index is 0. The molecule has 0 aromatic carbocycles. The van der Waals surface area contributed by atoms with E-state index >= 15 is 0 Å². The van der Waals surface area contributed by atoms with Gasteiger partial charge in [0, 0.05) is 12.2 Å². The van der Waals surface area contributed by atoms with Gasteiger partial charge in [0.05, 0.1) is 12.0 Å². The molecule has 10 heavy (non-hydrogen) atoms. The highest BCUT2D eigenvalue weighted by Crippen LogP contribution is 2.03. The molecule has 1 heterocycles. The zero-order valence-corrected chi connectivity index (χ0v) is 6.13. The summed E-state index contributed by atoms with van der Waals surface area (Å²) in [5, 5.41) is 0. The molecule has 1 rings (SSSR count). The highest BCUT2D eigenvalue weighted by Gasteiger charge is 1.95. The molecule has 0 saturated heterocycles. The third-order valence-electron chi connectivity index (χ3n) is 1.33. The Labute approximate surface area is 62.9 Å². The fraction of sp³-hybridized carbons (Fsp3) is 0.625. The molecule has 58 valence electrons. The number of rotatable bonds is 1. The Morgan fingerprint density at radius 2 is 2.10 bits per heavy atom. The number of hydrogen-bond donors (Lipinski definition) is 0. The van der Waals surface area contributed by atoms with Crippen LogP contribution in [0.5, 0.6) is 0 Å². The lowest BCUT2D eigenvalue weighted by Gasteiger charge is -2.02. The van der Waals surface area contributed by atoms with E-state index in [2.05, 4.69) is 23.4 Å². The summed E-state index contributed by atoms with van der Waals surface area (Å²) in [6, 6.07) is 0.534. The standard InChI is InChI=1S/C7H12N2.CH4/c1-6(2)9-4-7(3)8-5-9;/h4-6H,1-3H3;1H4. The lowest BCUT2D eigenvalue weighted by Crippen LogP contribution is -1.95. The zero-order chi connectivity index (χ0) is 6.85. The Bertz CT molecular complexity index is 189. The molecule has 0 amide bonds. The largest absolute Gasteiger partial charge is 0.335 e. The van der Waals surface area contributed by atoms with Crippen molar-refractivity contribution in [1.82, 2.24) is 9.55 Å². The van der Waals surface area contributed by atoms with Crippen molar-refractivity contribution in [2.75, 3.05) is 0 Å². The quantitative estimate of drug-likeness (QED) is 0.585. The van der Waals surface area contributed by atoms with Gasteiger partial charge in [-0.15, -0.1) is 0 Å². The van der Waals surface area contributed by atoms with Crippen molar-refractivity contribution in [3.8, 4) is 0 Å². The predicted octanol–water partition coefficient (Wildman–Crippen LogP) is 2.41. The Kier molecular flexibility index (Phi) is 3.13. The molecule has 0 saturated carbocycles. The molecular formula is C8H16N2. The van der Waals surface area contributed by atoms with E-state index in [1.807, 2.05) is 19.4 Å². The number of nitrogens with zero attached hydrogens (tertiary/aromatic N) is 2. The van der Waals surface area contributed by atoms with Gasteiger partial charge in [0.2, 0.25) is 0 Å². The fourth-order valence-electron chi connectivity index (χ4n) is 0.723. The summed E-state index contributed by atoms with van der Waals surface area (Å²) in [4.78, 5) is 4.10. The second-order valence-corrected chi connectivity index (χ2v) is 2.56. The molecule has 0 spiro atoms. The van der Waals surface area contributed by atoms with Gasteiger partial charge in [0.1, 0.15) is 0 Å². The van der Waals surface area contributed by atoms with Crippen LogP contribution in [0.4, 0.5) is 0 Å². The Balaban J connectivity index is 0.000000810. The van der Waals surface area contributed by atoms with E-state index < -0.39 is 0 Å². The Hall–Kier alpha value is -0.790. The van der Waals surface area contributed by atoms with E-state index in [-0.39, 0.29) is 7.43 Å². The van der Waals surface area contributed by atoms with Crippen LogP contribution in [0, 0.1) is 6.92 Å².